The zero-order valence-electron chi connectivity index (χ0n) is 8.33. The highest BCUT2D eigenvalue weighted by Crippen LogP contribution is 2.19. The van der Waals surface area contributed by atoms with Gasteiger partial charge >= 0.3 is 0 Å². The largest absolute Gasteiger partial charge is 0.393 e. The first kappa shape index (κ1) is 12.0. The smallest absolute Gasteiger partial charge is 0.245 e. The van der Waals surface area contributed by atoms with Gasteiger partial charge in [0.1, 0.15) is 5.54 Å². The van der Waals surface area contributed by atoms with Crippen LogP contribution in [0.2, 0.25) is 0 Å². The van der Waals surface area contributed by atoms with Crippen molar-refractivity contribution in [1.29, 1.82) is 0 Å². The molecule has 4 nitrogen and oxygen atoms in total. The van der Waals surface area contributed by atoms with E-state index in [9.17, 15) is 4.79 Å². The summed E-state index contributed by atoms with van der Waals surface area (Å²) < 4.78 is 0.886. The molecule has 0 heterocycles. The van der Waals surface area contributed by atoms with E-state index in [-0.39, 0.29) is 6.61 Å². The summed E-state index contributed by atoms with van der Waals surface area (Å²) in [5.41, 5.74) is 4.78. The van der Waals surface area contributed by atoms with E-state index in [2.05, 4.69) is 21.2 Å². The van der Waals surface area contributed by atoms with Gasteiger partial charge in [-0.1, -0.05) is 22.0 Å². The summed E-state index contributed by atoms with van der Waals surface area (Å²) in [5.74, 6) is -0.593. The molecule has 1 amide bonds. The average Bonchev–Trinajstić information content (AvgIpc) is 2.17. The minimum absolute atomic E-state index is 0.352. The monoisotopic (exact) mass is 272 g/mol. The first-order valence-electron chi connectivity index (χ1n) is 4.42. The number of amides is 1. The van der Waals surface area contributed by atoms with Crippen LogP contribution < -0.4 is 11.1 Å². The Hall–Kier alpha value is -1.07. The van der Waals surface area contributed by atoms with Gasteiger partial charge in [-0.2, -0.15) is 0 Å². The number of rotatable bonds is 4. The van der Waals surface area contributed by atoms with Crippen LogP contribution in [0.15, 0.2) is 28.7 Å². The molecule has 0 saturated heterocycles. The lowest BCUT2D eigenvalue weighted by molar-refractivity contribution is -0.122. The van der Waals surface area contributed by atoms with Crippen LogP contribution in [0.1, 0.15) is 6.92 Å². The van der Waals surface area contributed by atoms with Gasteiger partial charge in [-0.15, -0.1) is 0 Å². The molecule has 0 fully saturated rings. The van der Waals surface area contributed by atoms with Crippen LogP contribution in [0.4, 0.5) is 5.69 Å². The van der Waals surface area contributed by atoms with Gasteiger partial charge in [-0.3, -0.25) is 4.79 Å². The summed E-state index contributed by atoms with van der Waals surface area (Å²) in [7, 11) is 0. The molecule has 0 radical (unpaired) electrons. The molecule has 1 rings (SSSR count). The molecule has 0 saturated carbocycles. The molecule has 5 heteroatoms. The molecular weight excluding hydrogens is 260 g/mol. The maximum absolute atomic E-state index is 11.1. The van der Waals surface area contributed by atoms with E-state index in [0.29, 0.717) is 0 Å². The summed E-state index contributed by atoms with van der Waals surface area (Å²) in [6.45, 7) is 1.20. The third-order valence-electron chi connectivity index (χ3n) is 2.10. The molecule has 1 unspecified atom stereocenters. The van der Waals surface area contributed by atoms with E-state index in [4.69, 9.17) is 10.8 Å². The summed E-state index contributed by atoms with van der Waals surface area (Å²) in [5, 5.41) is 12.0. The summed E-state index contributed by atoms with van der Waals surface area (Å²) in [6, 6.07) is 7.29. The number of carbonyl (C=O) groups is 1. The van der Waals surface area contributed by atoms with Crippen molar-refractivity contribution in [1.82, 2.24) is 0 Å². The summed E-state index contributed by atoms with van der Waals surface area (Å²) in [6.07, 6.45) is 0. The van der Waals surface area contributed by atoms with E-state index in [1.54, 1.807) is 19.1 Å². The maximum atomic E-state index is 11.1. The molecule has 82 valence electrons. The number of aliphatic hydroxyl groups is 1. The van der Waals surface area contributed by atoms with E-state index in [0.717, 1.165) is 10.2 Å². The van der Waals surface area contributed by atoms with Crippen molar-refractivity contribution in [2.24, 2.45) is 5.73 Å². The molecule has 0 spiro atoms. The molecule has 1 aromatic rings. The lowest BCUT2D eigenvalue weighted by Crippen LogP contribution is -2.50. The summed E-state index contributed by atoms with van der Waals surface area (Å²) >= 11 is 3.31. The highest BCUT2D eigenvalue weighted by molar-refractivity contribution is 9.10. The quantitative estimate of drug-likeness (QED) is 0.768. The van der Waals surface area contributed by atoms with Crippen LogP contribution in [-0.2, 0) is 4.79 Å². The topological polar surface area (TPSA) is 75.3 Å². The van der Waals surface area contributed by atoms with Crippen molar-refractivity contribution in [2.45, 2.75) is 12.5 Å². The lowest BCUT2D eigenvalue weighted by Gasteiger charge is -2.26. The Morgan fingerprint density at radius 3 is 2.80 bits per heavy atom. The van der Waals surface area contributed by atoms with Crippen LogP contribution in [-0.4, -0.2) is 23.2 Å². The van der Waals surface area contributed by atoms with Crippen molar-refractivity contribution >= 4 is 27.5 Å². The molecule has 1 atom stereocenters. The zero-order chi connectivity index (χ0) is 11.5. The third kappa shape index (κ3) is 2.94. The Morgan fingerprint density at radius 1 is 1.67 bits per heavy atom. The van der Waals surface area contributed by atoms with Gasteiger partial charge in [0.2, 0.25) is 5.91 Å². The predicted octanol–water partition coefficient (Wildman–Crippen LogP) is 1.10. The van der Waals surface area contributed by atoms with Gasteiger partial charge in [0.05, 0.1) is 6.61 Å². The fraction of sp³-hybridized carbons (Fsp3) is 0.300. The number of benzene rings is 1. The van der Waals surface area contributed by atoms with Crippen LogP contribution in [0.3, 0.4) is 0 Å². The van der Waals surface area contributed by atoms with Crippen molar-refractivity contribution in [2.75, 3.05) is 11.9 Å². The van der Waals surface area contributed by atoms with Gasteiger partial charge in [-0.25, -0.2) is 0 Å². The number of hydrogen-bond donors (Lipinski definition) is 3. The Labute approximate surface area is 96.6 Å². The highest BCUT2D eigenvalue weighted by Gasteiger charge is 2.29. The Balaban J connectivity index is 2.89. The van der Waals surface area contributed by atoms with Crippen molar-refractivity contribution < 1.29 is 9.90 Å². The number of aliphatic hydroxyl groups excluding tert-OH is 1. The number of anilines is 1. The van der Waals surface area contributed by atoms with Gasteiger partial charge in [0, 0.05) is 10.2 Å². The maximum Gasteiger partial charge on any atom is 0.245 e. The predicted molar refractivity (Wildman–Crippen MR) is 62.4 cm³/mol. The standard InChI is InChI=1S/C10H13BrN2O2/c1-10(6-14,9(12)15)13-8-4-2-3-7(11)5-8/h2-5,13-14H,6H2,1H3,(H2,12,15). The number of halogens is 1. The minimum atomic E-state index is -1.14. The molecule has 0 aliphatic heterocycles. The van der Waals surface area contributed by atoms with E-state index < -0.39 is 11.4 Å². The SMILES string of the molecule is CC(CO)(Nc1cccc(Br)c1)C(N)=O. The van der Waals surface area contributed by atoms with Crippen LogP contribution >= 0.6 is 15.9 Å². The van der Waals surface area contributed by atoms with Crippen molar-refractivity contribution in [3.63, 3.8) is 0 Å². The Bertz CT molecular complexity index is 370. The van der Waals surface area contributed by atoms with Crippen LogP contribution in [0, 0.1) is 0 Å². The van der Waals surface area contributed by atoms with Gasteiger partial charge in [0.25, 0.3) is 0 Å². The number of nitrogens with one attached hydrogen (secondary N) is 1. The molecule has 1 aromatic carbocycles. The summed E-state index contributed by atoms with van der Waals surface area (Å²) in [4.78, 5) is 11.1. The van der Waals surface area contributed by atoms with E-state index >= 15 is 0 Å². The molecule has 0 aromatic heterocycles. The van der Waals surface area contributed by atoms with Crippen molar-refractivity contribution in [3.8, 4) is 0 Å². The normalized spacial score (nSPS) is 14.3. The van der Waals surface area contributed by atoms with Crippen LogP contribution in [0.5, 0.6) is 0 Å². The van der Waals surface area contributed by atoms with E-state index in [1.807, 2.05) is 12.1 Å². The third-order valence-corrected chi connectivity index (χ3v) is 2.60. The molecular formula is C10H13BrN2O2. The molecule has 0 aliphatic carbocycles. The number of hydrogen-bond acceptors (Lipinski definition) is 3. The molecule has 15 heavy (non-hydrogen) atoms. The Kier molecular flexibility index (Phi) is 3.71. The van der Waals surface area contributed by atoms with Gasteiger partial charge in [-0.05, 0) is 25.1 Å². The highest BCUT2D eigenvalue weighted by atomic mass is 79.9. The lowest BCUT2D eigenvalue weighted by atomic mass is 10.0. The second-order valence-electron chi connectivity index (χ2n) is 3.49. The Morgan fingerprint density at radius 2 is 2.33 bits per heavy atom. The van der Waals surface area contributed by atoms with E-state index in [1.165, 1.54) is 0 Å². The fourth-order valence-corrected chi connectivity index (χ4v) is 1.46. The second kappa shape index (κ2) is 4.63. The minimum Gasteiger partial charge on any atom is -0.393 e. The van der Waals surface area contributed by atoms with Gasteiger partial charge < -0.3 is 16.2 Å². The number of primary amides is 1. The number of carbonyl (C=O) groups excluding carboxylic acids is 1. The number of nitrogens with two attached hydrogens (primary N) is 1. The first-order chi connectivity index (χ1) is 6.98. The van der Waals surface area contributed by atoms with Crippen molar-refractivity contribution in [3.05, 3.63) is 28.7 Å². The second-order valence-corrected chi connectivity index (χ2v) is 4.41. The zero-order valence-corrected chi connectivity index (χ0v) is 9.91. The molecule has 4 N–H and O–H groups in total. The molecule has 0 aliphatic rings. The van der Waals surface area contributed by atoms with Crippen LogP contribution in [0.25, 0.3) is 0 Å². The average molecular weight is 273 g/mol. The van der Waals surface area contributed by atoms with Gasteiger partial charge in [0.15, 0.2) is 0 Å². The fourth-order valence-electron chi connectivity index (χ4n) is 1.06. The first-order valence-corrected chi connectivity index (χ1v) is 5.22. The molecule has 0 bridgehead atoms.